The summed E-state index contributed by atoms with van der Waals surface area (Å²) in [5.74, 6) is -0.239. The number of aryl methyl sites for hydroxylation is 2. The number of sulfonamides is 1. The van der Waals surface area contributed by atoms with Gasteiger partial charge in [0.15, 0.2) is 0 Å². The van der Waals surface area contributed by atoms with Crippen LogP contribution in [0.1, 0.15) is 21.5 Å². The molecule has 0 atom stereocenters. The molecule has 4 N–H and O–H groups in total. The maximum absolute atomic E-state index is 12.8. The van der Waals surface area contributed by atoms with Crippen LogP contribution in [0.15, 0.2) is 102 Å². The van der Waals surface area contributed by atoms with E-state index in [4.69, 9.17) is 17.3 Å². The fourth-order valence-corrected chi connectivity index (χ4v) is 4.79. The number of anilines is 3. The minimum absolute atomic E-state index is 0.142. The van der Waals surface area contributed by atoms with Crippen molar-refractivity contribution < 1.29 is 13.2 Å². The topological polar surface area (TPSA) is 101 Å². The normalized spacial score (nSPS) is 11.1. The molecular formula is C27H24ClN3O3S. The molecule has 0 saturated carbocycles. The van der Waals surface area contributed by atoms with Gasteiger partial charge in [0.1, 0.15) is 0 Å². The molecule has 1 amide bonds. The average Bonchev–Trinajstić information content (AvgIpc) is 2.85. The van der Waals surface area contributed by atoms with Crippen LogP contribution in [-0.2, 0) is 22.9 Å². The largest absolute Gasteiger partial charge is 0.397 e. The number of carbonyl (C=O) groups is 1. The minimum atomic E-state index is -3.74. The molecule has 0 bridgehead atoms. The third kappa shape index (κ3) is 6.20. The average molecular weight is 506 g/mol. The molecule has 0 unspecified atom stereocenters. The monoisotopic (exact) mass is 505 g/mol. The maximum Gasteiger partial charge on any atom is 0.261 e. The van der Waals surface area contributed by atoms with Crippen LogP contribution in [0.4, 0.5) is 17.1 Å². The first-order chi connectivity index (χ1) is 16.8. The highest BCUT2D eigenvalue weighted by Crippen LogP contribution is 2.23. The SMILES string of the molecule is Nc1ccccc1NC(=O)c1ccc(CCc2ccccc2NS(=O)(=O)c2ccc(Cl)cc2)cc1. The first kappa shape index (κ1) is 24.3. The van der Waals surface area contributed by atoms with E-state index in [1.54, 1.807) is 54.6 Å². The number of carbonyl (C=O) groups excluding carboxylic acids is 1. The Balaban J connectivity index is 1.42. The molecule has 8 heteroatoms. The predicted octanol–water partition coefficient (Wildman–Crippen LogP) is 5.76. The van der Waals surface area contributed by atoms with Gasteiger partial charge in [-0.1, -0.05) is 54.1 Å². The number of halogens is 1. The highest BCUT2D eigenvalue weighted by Gasteiger charge is 2.16. The second kappa shape index (κ2) is 10.6. The Hall–Kier alpha value is -3.81. The number of para-hydroxylation sites is 3. The van der Waals surface area contributed by atoms with Gasteiger partial charge in [0, 0.05) is 10.6 Å². The number of hydrogen-bond donors (Lipinski definition) is 3. The quantitative estimate of drug-likeness (QED) is 0.265. The van der Waals surface area contributed by atoms with E-state index < -0.39 is 10.0 Å². The van der Waals surface area contributed by atoms with E-state index in [0.29, 0.717) is 40.5 Å². The van der Waals surface area contributed by atoms with Gasteiger partial charge in [-0.3, -0.25) is 9.52 Å². The molecule has 178 valence electrons. The number of hydrogen-bond acceptors (Lipinski definition) is 4. The van der Waals surface area contributed by atoms with E-state index in [1.165, 1.54) is 12.1 Å². The van der Waals surface area contributed by atoms with Gasteiger partial charge in [-0.05, 0) is 78.6 Å². The van der Waals surface area contributed by atoms with Crippen LogP contribution in [-0.4, -0.2) is 14.3 Å². The zero-order valence-electron chi connectivity index (χ0n) is 18.7. The van der Waals surface area contributed by atoms with Crippen molar-refractivity contribution in [2.24, 2.45) is 0 Å². The molecule has 0 aliphatic carbocycles. The van der Waals surface area contributed by atoms with Gasteiger partial charge in [0.25, 0.3) is 15.9 Å². The number of nitrogens with one attached hydrogen (secondary N) is 2. The van der Waals surface area contributed by atoms with E-state index in [2.05, 4.69) is 10.0 Å². The van der Waals surface area contributed by atoms with Crippen molar-refractivity contribution in [1.82, 2.24) is 0 Å². The molecule has 4 aromatic carbocycles. The third-order valence-electron chi connectivity index (χ3n) is 5.49. The van der Waals surface area contributed by atoms with Crippen molar-refractivity contribution in [1.29, 1.82) is 0 Å². The summed E-state index contributed by atoms with van der Waals surface area (Å²) >= 11 is 5.87. The van der Waals surface area contributed by atoms with Gasteiger partial charge in [-0.25, -0.2) is 8.42 Å². The summed E-state index contributed by atoms with van der Waals surface area (Å²) in [6.07, 6.45) is 1.29. The van der Waals surface area contributed by atoms with Crippen LogP contribution in [0, 0.1) is 0 Å². The predicted molar refractivity (Wildman–Crippen MR) is 141 cm³/mol. The molecule has 0 aliphatic rings. The Kier molecular flexibility index (Phi) is 7.39. The number of benzene rings is 4. The number of amides is 1. The van der Waals surface area contributed by atoms with Crippen molar-refractivity contribution in [3.05, 3.63) is 119 Å². The fourth-order valence-electron chi connectivity index (χ4n) is 3.56. The molecule has 4 rings (SSSR count). The lowest BCUT2D eigenvalue weighted by Gasteiger charge is -2.13. The summed E-state index contributed by atoms with van der Waals surface area (Å²) in [5.41, 5.74) is 9.90. The summed E-state index contributed by atoms with van der Waals surface area (Å²) in [5, 5.41) is 3.28. The highest BCUT2D eigenvalue weighted by atomic mass is 35.5. The summed E-state index contributed by atoms with van der Waals surface area (Å²) < 4.78 is 28.3. The van der Waals surface area contributed by atoms with E-state index in [1.807, 2.05) is 30.3 Å². The van der Waals surface area contributed by atoms with Crippen LogP contribution in [0.5, 0.6) is 0 Å². The Morgan fingerprint density at radius 1 is 0.771 bits per heavy atom. The molecule has 6 nitrogen and oxygen atoms in total. The van der Waals surface area contributed by atoms with Crippen molar-refractivity contribution in [2.75, 3.05) is 15.8 Å². The van der Waals surface area contributed by atoms with Gasteiger partial charge in [0.2, 0.25) is 0 Å². The smallest absolute Gasteiger partial charge is 0.261 e. The highest BCUT2D eigenvalue weighted by molar-refractivity contribution is 7.92. The summed E-state index contributed by atoms with van der Waals surface area (Å²) in [4.78, 5) is 12.7. The Morgan fingerprint density at radius 2 is 1.40 bits per heavy atom. The standard InChI is InChI=1S/C27H24ClN3O3S/c28-22-15-17-23(18-16-22)35(33,34)31-25-7-3-1-5-20(25)12-9-19-10-13-21(14-11-19)27(32)30-26-8-4-2-6-24(26)29/h1-8,10-11,13-18,31H,9,12,29H2,(H,30,32). The van der Waals surface area contributed by atoms with Gasteiger partial charge in [-0.2, -0.15) is 0 Å². The second-order valence-corrected chi connectivity index (χ2v) is 10.1. The van der Waals surface area contributed by atoms with E-state index in [9.17, 15) is 13.2 Å². The molecule has 0 fully saturated rings. The zero-order chi connectivity index (χ0) is 24.8. The Bertz CT molecular complexity index is 1440. The molecule has 4 aromatic rings. The molecule has 0 aromatic heterocycles. The van der Waals surface area contributed by atoms with Crippen LogP contribution in [0.25, 0.3) is 0 Å². The Labute approximate surface area is 209 Å². The Morgan fingerprint density at radius 3 is 2.09 bits per heavy atom. The summed E-state index contributed by atoms with van der Waals surface area (Å²) in [6.45, 7) is 0. The first-order valence-electron chi connectivity index (χ1n) is 10.9. The number of nitrogen functional groups attached to an aromatic ring is 1. The van der Waals surface area contributed by atoms with E-state index >= 15 is 0 Å². The minimum Gasteiger partial charge on any atom is -0.397 e. The van der Waals surface area contributed by atoms with Crippen molar-refractivity contribution >= 4 is 44.6 Å². The van der Waals surface area contributed by atoms with Gasteiger partial charge in [-0.15, -0.1) is 0 Å². The lowest BCUT2D eigenvalue weighted by atomic mass is 10.0. The molecule has 0 saturated heterocycles. The molecule has 0 radical (unpaired) electrons. The second-order valence-electron chi connectivity index (χ2n) is 7.95. The fraction of sp³-hybridized carbons (Fsp3) is 0.0741. The number of rotatable bonds is 8. The van der Waals surface area contributed by atoms with Crippen LogP contribution in [0.2, 0.25) is 5.02 Å². The van der Waals surface area contributed by atoms with Crippen molar-refractivity contribution in [3.63, 3.8) is 0 Å². The van der Waals surface area contributed by atoms with Gasteiger partial charge >= 0.3 is 0 Å². The zero-order valence-corrected chi connectivity index (χ0v) is 20.3. The summed E-state index contributed by atoms with van der Waals surface area (Å²) in [6, 6.07) is 27.7. The first-order valence-corrected chi connectivity index (χ1v) is 12.8. The molecule has 0 aliphatic heterocycles. The summed E-state index contributed by atoms with van der Waals surface area (Å²) in [7, 11) is -3.74. The molecule has 0 spiro atoms. The van der Waals surface area contributed by atoms with Gasteiger partial charge < -0.3 is 11.1 Å². The van der Waals surface area contributed by atoms with Gasteiger partial charge in [0.05, 0.1) is 22.0 Å². The van der Waals surface area contributed by atoms with Crippen LogP contribution in [0.3, 0.4) is 0 Å². The third-order valence-corrected chi connectivity index (χ3v) is 7.13. The van der Waals surface area contributed by atoms with E-state index in [-0.39, 0.29) is 10.8 Å². The maximum atomic E-state index is 12.8. The molecule has 35 heavy (non-hydrogen) atoms. The van der Waals surface area contributed by atoms with Crippen molar-refractivity contribution in [3.8, 4) is 0 Å². The lowest BCUT2D eigenvalue weighted by molar-refractivity contribution is 0.102. The van der Waals surface area contributed by atoms with Crippen LogP contribution >= 0.6 is 11.6 Å². The molecular weight excluding hydrogens is 482 g/mol. The lowest BCUT2D eigenvalue weighted by Crippen LogP contribution is -2.14. The van der Waals surface area contributed by atoms with E-state index in [0.717, 1.165) is 11.1 Å². The van der Waals surface area contributed by atoms with Crippen molar-refractivity contribution in [2.45, 2.75) is 17.7 Å². The van der Waals surface area contributed by atoms with Crippen LogP contribution < -0.4 is 15.8 Å². The molecule has 0 heterocycles. The number of nitrogens with two attached hydrogens (primary N) is 1.